The van der Waals surface area contributed by atoms with E-state index in [2.05, 4.69) is 52.8 Å². The van der Waals surface area contributed by atoms with Crippen LogP contribution in [0.5, 0.6) is 0 Å². The normalized spacial score (nSPS) is 11.1. The second-order valence-electron chi connectivity index (χ2n) is 5.81. The number of aromatic nitrogens is 1. The van der Waals surface area contributed by atoms with Gasteiger partial charge in [-0.3, -0.25) is 0 Å². The summed E-state index contributed by atoms with van der Waals surface area (Å²) in [5, 5.41) is 6.61. The van der Waals surface area contributed by atoms with Gasteiger partial charge in [0.1, 0.15) is 6.54 Å². The highest BCUT2D eigenvalue weighted by atomic mass is 127. The molecule has 1 aromatic heterocycles. The van der Waals surface area contributed by atoms with Gasteiger partial charge >= 0.3 is 0 Å². The minimum atomic E-state index is 0. The van der Waals surface area contributed by atoms with Crippen LogP contribution < -0.4 is 10.6 Å². The lowest BCUT2D eigenvalue weighted by Gasteiger charge is -2.10. The summed E-state index contributed by atoms with van der Waals surface area (Å²) < 4.78 is 5.82. The van der Waals surface area contributed by atoms with Crippen molar-refractivity contribution in [3.63, 3.8) is 0 Å². The molecule has 0 fully saturated rings. The highest BCUT2D eigenvalue weighted by molar-refractivity contribution is 14.0. The number of nitrogens with zero attached hydrogens (tertiary/aromatic N) is 2. The maximum Gasteiger partial charge on any atom is 0.216 e. The maximum absolute atomic E-state index is 5.82. The summed E-state index contributed by atoms with van der Waals surface area (Å²) in [4.78, 5) is 8.89. The first-order valence-electron chi connectivity index (χ1n) is 8.75. The maximum atomic E-state index is 5.82. The Balaban J connectivity index is 0.00000338. The van der Waals surface area contributed by atoms with Crippen molar-refractivity contribution in [3.05, 3.63) is 41.9 Å². The van der Waals surface area contributed by atoms with E-state index < -0.39 is 0 Å². The molecule has 7 heteroatoms. The van der Waals surface area contributed by atoms with E-state index in [-0.39, 0.29) is 24.0 Å². The Hall–Kier alpha value is -1.22. The topological polar surface area (TPSA) is 62.5 Å². The molecule has 0 saturated carbocycles. The molecule has 0 unspecified atom stereocenters. The fourth-order valence-electron chi connectivity index (χ4n) is 2.30. The SMILES string of the molecule is CCNC(=NCc1ncc(-c2ccc(C)cc2)o1)NCCCCSC.I. The first kappa shape index (κ1) is 22.8. The lowest BCUT2D eigenvalue weighted by Crippen LogP contribution is -2.37. The predicted molar refractivity (Wildman–Crippen MR) is 123 cm³/mol. The van der Waals surface area contributed by atoms with Crippen LogP contribution in [0.4, 0.5) is 0 Å². The molecule has 144 valence electrons. The molecule has 0 atom stereocenters. The largest absolute Gasteiger partial charge is 0.439 e. The van der Waals surface area contributed by atoms with Gasteiger partial charge in [-0.2, -0.15) is 11.8 Å². The quantitative estimate of drug-likeness (QED) is 0.236. The molecule has 2 aromatic rings. The Morgan fingerprint density at radius 1 is 1.19 bits per heavy atom. The molecule has 0 bridgehead atoms. The number of aliphatic imine (C=N–C) groups is 1. The van der Waals surface area contributed by atoms with E-state index in [1.165, 1.54) is 17.7 Å². The third-order valence-electron chi connectivity index (χ3n) is 3.67. The van der Waals surface area contributed by atoms with Crippen LogP contribution in [0.1, 0.15) is 31.2 Å². The molecule has 1 aromatic carbocycles. The van der Waals surface area contributed by atoms with Gasteiger partial charge in [-0.15, -0.1) is 24.0 Å². The number of guanidine groups is 1. The van der Waals surface area contributed by atoms with E-state index in [0.717, 1.165) is 36.8 Å². The average molecular weight is 488 g/mol. The van der Waals surface area contributed by atoms with Gasteiger partial charge in [-0.25, -0.2) is 9.98 Å². The number of benzene rings is 1. The van der Waals surface area contributed by atoms with E-state index in [4.69, 9.17) is 4.42 Å². The first-order chi connectivity index (χ1) is 12.2. The van der Waals surface area contributed by atoms with E-state index in [0.29, 0.717) is 12.4 Å². The minimum Gasteiger partial charge on any atom is -0.439 e. The third kappa shape index (κ3) is 7.99. The smallest absolute Gasteiger partial charge is 0.216 e. The van der Waals surface area contributed by atoms with E-state index in [1.54, 1.807) is 6.20 Å². The first-order valence-corrected chi connectivity index (χ1v) is 10.1. The summed E-state index contributed by atoms with van der Waals surface area (Å²) in [5.41, 5.74) is 2.26. The molecule has 26 heavy (non-hydrogen) atoms. The number of halogens is 1. The second kappa shape index (κ2) is 13.0. The molecule has 0 saturated heterocycles. The Morgan fingerprint density at radius 2 is 1.96 bits per heavy atom. The molecule has 0 spiro atoms. The number of rotatable bonds is 9. The summed E-state index contributed by atoms with van der Waals surface area (Å²) in [6.07, 6.45) is 6.26. The van der Waals surface area contributed by atoms with Crippen LogP contribution in [0.25, 0.3) is 11.3 Å². The fourth-order valence-corrected chi connectivity index (χ4v) is 2.79. The second-order valence-corrected chi connectivity index (χ2v) is 6.79. The molecule has 2 N–H and O–H groups in total. The predicted octanol–water partition coefficient (Wildman–Crippen LogP) is 4.47. The zero-order chi connectivity index (χ0) is 17.9. The molecule has 5 nitrogen and oxygen atoms in total. The summed E-state index contributed by atoms with van der Waals surface area (Å²) >= 11 is 1.89. The number of oxazole rings is 1. The Kier molecular flexibility index (Phi) is 11.4. The molecule has 0 aliphatic carbocycles. The average Bonchev–Trinajstić information content (AvgIpc) is 3.09. The molecule has 2 rings (SSSR count). The third-order valence-corrected chi connectivity index (χ3v) is 4.37. The lowest BCUT2D eigenvalue weighted by molar-refractivity contribution is 0.509. The van der Waals surface area contributed by atoms with Crippen molar-refractivity contribution in [2.45, 2.75) is 33.2 Å². The Morgan fingerprint density at radius 3 is 2.65 bits per heavy atom. The number of unbranched alkanes of at least 4 members (excludes halogenated alkanes) is 1. The number of hydrogen-bond donors (Lipinski definition) is 2. The summed E-state index contributed by atoms with van der Waals surface area (Å²) in [5.74, 6) is 3.41. The van der Waals surface area contributed by atoms with Gasteiger partial charge in [-0.1, -0.05) is 29.8 Å². The summed E-state index contributed by atoms with van der Waals surface area (Å²) in [6, 6.07) is 8.23. The van der Waals surface area contributed by atoms with Gasteiger partial charge in [-0.05, 0) is 38.7 Å². The van der Waals surface area contributed by atoms with Crippen LogP contribution in [0.15, 0.2) is 39.9 Å². The molecular formula is C19H29IN4OS. The van der Waals surface area contributed by atoms with Gasteiger partial charge in [0, 0.05) is 18.7 Å². The molecule has 0 amide bonds. The van der Waals surface area contributed by atoms with E-state index >= 15 is 0 Å². The van der Waals surface area contributed by atoms with Crippen molar-refractivity contribution >= 4 is 41.7 Å². The van der Waals surface area contributed by atoms with Gasteiger partial charge in [0.2, 0.25) is 5.89 Å². The Bertz CT molecular complexity index is 658. The molecular weight excluding hydrogens is 459 g/mol. The van der Waals surface area contributed by atoms with Crippen molar-refractivity contribution in [2.75, 3.05) is 25.1 Å². The summed E-state index contributed by atoms with van der Waals surface area (Å²) in [6.45, 7) is 6.31. The van der Waals surface area contributed by atoms with Crippen molar-refractivity contribution in [1.29, 1.82) is 0 Å². The zero-order valence-electron chi connectivity index (χ0n) is 15.7. The zero-order valence-corrected chi connectivity index (χ0v) is 18.9. The van der Waals surface area contributed by atoms with Crippen LogP contribution in [0, 0.1) is 6.92 Å². The van der Waals surface area contributed by atoms with Gasteiger partial charge in [0.05, 0.1) is 6.20 Å². The molecule has 1 heterocycles. The highest BCUT2D eigenvalue weighted by Gasteiger charge is 2.06. The van der Waals surface area contributed by atoms with Gasteiger partial charge in [0.25, 0.3) is 0 Å². The number of thioether (sulfide) groups is 1. The Labute approximate surface area is 177 Å². The van der Waals surface area contributed by atoms with Crippen LogP contribution in [-0.4, -0.2) is 36.0 Å². The summed E-state index contributed by atoms with van der Waals surface area (Å²) in [7, 11) is 0. The van der Waals surface area contributed by atoms with Crippen molar-refractivity contribution < 1.29 is 4.42 Å². The number of hydrogen-bond acceptors (Lipinski definition) is 4. The highest BCUT2D eigenvalue weighted by Crippen LogP contribution is 2.20. The van der Waals surface area contributed by atoms with Crippen LogP contribution in [0.2, 0.25) is 0 Å². The lowest BCUT2D eigenvalue weighted by atomic mass is 10.1. The fraction of sp³-hybridized carbons (Fsp3) is 0.474. The van der Waals surface area contributed by atoms with Gasteiger partial charge in [0.15, 0.2) is 11.7 Å². The van der Waals surface area contributed by atoms with Crippen LogP contribution >= 0.6 is 35.7 Å². The number of nitrogens with one attached hydrogen (secondary N) is 2. The van der Waals surface area contributed by atoms with Crippen LogP contribution in [-0.2, 0) is 6.54 Å². The van der Waals surface area contributed by atoms with Crippen molar-refractivity contribution in [2.24, 2.45) is 4.99 Å². The standard InChI is InChI=1S/C19H28N4OS.HI/c1-4-20-19(21-11-5-6-12-25-3)23-14-18-22-13-17(24-18)16-9-7-15(2)8-10-16;/h7-10,13H,4-6,11-12,14H2,1-3H3,(H2,20,21,23);1H. The molecule has 0 aliphatic heterocycles. The van der Waals surface area contributed by atoms with Gasteiger partial charge < -0.3 is 15.1 Å². The molecule has 0 aliphatic rings. The number of aryl methyl sites for hydroxylation is 1. The van der Waals surface area contributed by atoms with Crippen molar-refractivity contribution in [1.82, 2.24) is 15.6 Å². The van der Waals surface area contributed by atoms with Crippen molar-refractivity contribution in [3.8, 4) is 11.3 Å². The monoisotopic (exact) mass is 488 g/mol. The van der Waals surface area contributed by atoms with Crippen LogP contribution in [0.3, 0.4) is 0 Å². The van der Waals surface area contributed by atoms with E-state index in [1.807, 2.05) is 23.9 Å². The van der Waals surface area contributed by atoms with E-state index in [9.17, 15) is 0 Å². The minimum absolute atomic E-state index is 0. The molecule has 0 radical (unpaired) electrons.